The standard InChI is InChI=1S/C22H20ClN7O3S/c1-11-8-25-13(12(2)17(11)33-3)9-28-19-16(18(23)26-20(24)27-19)30(21(28)31)10-29-14-6-4-5-7-15(14)34-22(29)32/h4-8H,9-10H2,1-3H3,(H2,24,26,27). The Balaban J connectivity index is 1.72. The maximum Gasteiger partial charge on any atom is 0.332 e. The topological polar surface area (TPSA) is 123 Å². The van der Waals surface area contributed by atoms with Crippen LogP contribution in [0.2, 0.25) is 5.15 Å². The van der Waals surface area contributed by atoms with Gasteiger partial charge >= 0.3 is 10.6 Å². The van der Waals surface area contributed by atoms with Gasteiger partial charge in [0.15, 0.2) is 10.8 Å². The summed E-state index contributed by atoms with van der Waals surface area (Å²) >= 11 is 7.54. The third-order valence-electron chi connectivity index (χ3n) is 5.74. The highest BCUT2D eigenvalue weighted by Crippen LogP contribution is 2.26. The van der Waals surface area contributed by atoms with Gasteiger partial charge in [-0.05, 0) is 26.0 Å². The summed E-state index contributed by atoms with van der Waals surface area (Å²) in [6.45, 7) is 3.84. The maximum absolute atomic E-state index is 13.7. The lowest BCUT2D eigenvalue weighted by Crippen LogP contribution is -2.30. The first-order valence-electron chi connectivity index (χ1n) is 10.3. The molecule has 5 rings (SSSR count). The van der Waals surface area contributed by atoms with Gasteiger partial charge in [0.05, 0.1) is 29.6 Å². The molecule has 0 fully saturated rings. The summed E-state index contributed by atoms with van der Waals surface area (Å²) in [5.41, 5.74) is 9.04. The predicted octanol–water partition coefficient (Wildman–Crippen LogP) is 2.78. The smallest absolute Gasteiger partial charge is 0.332 e. The highest BCUT2D eigenvalue weighted by molar-refractivity contribution is 7.16. The molecule has 0 saturated heterocycles. The Labute approximate surface area is 201 Å². The molecule has 0 aliphatic rings. The second-order valence-electron chi connectivity index (χ2n) is 7.79. The summed E-state index contributed by atoms with van der Waals surface area (Å²) in [7, 11) is 1.59. The van der Waals surface area contributed by atoms with Gasteiger partial charge in [0, 0.05) is 17.3 Å². The molecule has 0 aliphatic heterocycles. The van der Waals surface area contributed by atoms with Crippen molar-refractivity contribution in [2.45, 2.75) is 27.1 Å². The second-order valence-corrected chi connectivity index (χ2v) is 9.14. The van der Waals surface area contributed by atoms with Crippen molar-refractivity contribution in [1.82, 2.24) is 28.7 Å². The van der Waals surface area contributed by atoms with Crippen molar-refractivity contribution in [3.05, 3.63) is 72.6 Å². The molecular weight excluding hydrogens is 478 g/mol. The van der Waals surface area contributed by atoms with Crippen molar-refractivity contribution in [3.8, 4) is 5.75 Å². The van der Waals surface area contributed by atoms with E-state index in [2.05, 4.69) is 15.0 Å². The van der Waals surface area contributed by atoms with E-state index in [4.69, 9.17) is 22.1 Å². The van der Waals surface area contributed by atoms with Gasteiger partial charge in [-0.1, -0.05) is 35.1 Å². The first kappa shape index (κ1) is 22.1. The molecule has 2 N–H and O–H groups in total. The van der Waals surface area contributed by atoms with E-state index >= 15 is 0 Å². The molecule has 0 spiro atoms. The van der Waals surface area contributed by atoms with Crippen molar-refractivity contribution < 1.29 is 4.74 Å². The largest absolute Gasteiger partial charge is 0.496 e. The number of aromatic nitrogens is 6. The van der Waals surface area contributed by atoms with E-state index in [-0.39, 0.29) is 34.8 Å². The Morgan fingerprint density at radius 3 is 2.65 bits per heavy atom. The van der Waals surface area contributed by atoms with Crippen molar-refractivity contribution in [3.63, 3.8) is 0 Å². The number of nitrogen functional groups attached to an aromatic ring is 1. The number of ether oxygens (including phenoxy) is 1. The van der Waals surface area contributed by atoms with E-state index in [1.54, 1.807) is 13.3 Å². The number of imidazole rings is 1. The summed E-state index contributed by atoms with van der Waals surface area (Å²) < 4.78 is 10.7. The minimum absolute atomic E-state index is 0.0251. The number of para-hydroxylation sites is 1. The molecule has 0 amide bonds. The third kappa shape index (κ3) is 3.44. The van der Waals surface area contributed by atoms with Gasteiger partial charge in [-0.15, -0.1) is 0 Å². The second kappa shape index (κ2) is 8.26. The molecule has 4 heterocycles. The lowest BCUT2D eigenvalue weighted by Gasteiger charge is -2.12. The molecule has 10 nitrogen and oxygen atoms in total. The lowest BCUT2D eigenvalue weighted by atomic mass is 10.1. The lowest BCUT2D eigenvalue weighted by molar-refractivity contribution is 0.406. The van der Waals surface area contributed by atoms with Crippen molar-refractivity contribution in [2.75, 3.05) is 12.8 Å². The number of nitrogens with two attached hydrogens (primary N) is 1. The Morgan fingerprint density at radius 2 is 1.88 bits per heavy atom. The number of halogens is 1. The molecule has 1 aromatic carbocycles. The van der Waals surface area contributed by atoms with Crippen LogP contribution in [0.5, 0.6) is 5.75 Å². The van der Waals surface area contributed by atoms with Crippen LogP contribution < -0.4 is 21.0 Å². The Kier molecular flexibility index (Phi) is 5.37. The van der Waals surface area contributed by atoms with Gasteiger partial charge < -0.3 is 10.5 Å². The molecule has 0 radical (unpaired) electrons. The SMILES string of the molecule is COc1c(C)cnc(Cn2c(=O)n(Cn3c(=O)sc4ccccc43)c3c(Cl)nc(N)nc32)c1C. The zero-order valence-electron chi connectivity index (χ0n) is 18.6. The van der Waals surface area contributed by atoms with Crippen LogP contribution in [0.1, 0.15) is 16.8 Å². The number of hydrogen-bond donors (Lipinski definition) is 1. The summed E-state index contributed by atoms with van der Waals surface area (Å²) in [5.74, 6) is 0.637. The molecule has 0 bridgehead atoms. The zero-order chi connectivity index (χ0) is 24.1. The highest BCUT2D eigenvalue weighted by Gasteiger charge is 2.22. The van der Waals surface area contributed by atoms with Gasteiger partial charge in [-0.25, -0.2) is 4.79 Å². The van der Waals surface area contributed by atoms with Crippen LogP contribution in [0.4, 0.5) is 5.95 Å². The van der Waals surface area contributed by atoms with E-state index in [9.17, 15) is 9.59 Å². The summed E-state index contributed by atoms with van der Waals surface area (Å²) in [4.78, 5) is 39.0. The monoisotopic (exact) mass is 497 g/mol. The molecular formula is C22H20ClN7O3S. The van der Waals surface area contributed by atoms with Crippen LogP contribution in [0.25, 0.3) is 21.4 Å². The van der Waals surface area contributed by atoms with Crippen LogP contribution in [0.15, 0.2) is 40.1 Å². The number of pyridine rings is 1. The Hall–Kier alpha value is -3.70. The predicted molar refractivity (Wildman–Crippen MR) is 132 cm³/mol. The van der Waals surface area contributed by atoms with Crippen LogP contribution in [0.3, 0.4) is 0 Å². The molecule has 4 aromatic heterocycles. The van der Waals surface area contributed by atoms with E-state index < -0.39 is 5.69 Å². The zero-order valence-corrected chi connectivity index (χ0v) is 20.1. The molecule has 0 atom stereocenters. The van der Waals surface area contributed by atoms with Crippen molar-refractivity contribution in [1.29, 1.82) is 0 Å². The Morgan fingerprint density at radius 1 is 1.12 bits per heavy atom. The van der Waals surface area contributed by atoms with Crippen LogP contribution in [-0.2, 0) is 13.2 Å². The molecule has 174 valence electrons. The average molecular weight is 498 g/mol. The Bertz CT molecular complexity index is 1700. The fourth-order valence-electron chi connectivity index (χ4n) is 4.13. The summed E-state index contributed by atoms with van der Waals surface area (Å²) in [5, 5.41) is 0.0251. The minimum atomic E-state index is -0.417. The fourth-order valence-corrected chi connectivity index (χ4v) is 5.28. The van der Waals surface area contributed by atoms with E-state index in [1.807, 2.05) is 38.1 Å². The van der Waals surface area contributed by atoms with Gasteiger partial charge in [0.2, 0.25) is 5.95 Å². The van der Waals surface area contributed by atoms with Crippen LogP contribution in [0, 0.1) is 13.8 Å². The number of methoxy groups -OCH3 is 1. The van der Waals surface area contributed by atoms with Gasteiger partial charge in [-0.3, -0.25) is 23.5 Å². The molecule has 34 heavy (non-hydrogen) atoms. The number of nitrogens with zero attached hydrogens (tertiary/aromatic N) is 6. The molecule has 12 heteroatoms. The van der Waals surface area contributed by atoms with Gasteiger partial charge in [0.25, 0.3) is 0 Å². The number of rotatable bonds is 5. The van der Waals surface area contributed by atoms with Crippen LogP contribution >= 0.6 is 22.9 Å². The summed E-state index contributed by atoms with van der Waals surface area (Å²) in [6, 6.07) is 7.39. The maximum atomic E-state index is 13.7. The number of anilines is 1. The third-order valence-corrected chi connectivity index (χ3v) is 6.97. The number of aryl methyl sites for hydroxylation is 1. The minimum Gasteiger partial charge on any atom is -0.496 e. The normalized spacial score (nSPS) is 11.5. The number of fused-ring (bicyclic) bond motifs is 2. The number of hydrogen-bond acceptors (Lipinski definition) is 8. The fraction of sp³-hybridized carbons (Fsp3) is 0.227. The highest BCUT2D eigenvalue weighted by atomic mass is 35.5. The first-order chi connectivity index (χ1) is 16.3. The van der Waals surface area contributed by atoms with Gasteiger partial charge in [-0.2, -0.15) is 9.97 Å². The van der Waals surface area contributed by atoms with Crippen molar-refractivity contribution in [2.24, 2.45) is 0 Å². The average Bonchev–Trinajstić information content (AvgIpc) is 3.25. The number of thiazole rings is 1. The molecule has 0 unspecified atom stereocenters. The first-order valence-corrected chi connectivity index (χ1v) is 11.5. The van der Waals surface area contributed by atoms with Gasteiger partial charge in [0.1, 0.15) is 17.9 Å². The molecule has 0 saturated carbocycles. The van der Waals surface area contributed by atoms with E-state index in [1.165, 1.54) is 13.7 Å². The van der Waals surface area contributed by atoms with E-state index in [0.29, 0.717) is 17.0 Å². The quantitative estimate of drug-likeness (QED) is 0.370. The van der Waals surface area contributed by atoms with Crippen molar-refractivity contribution >= 4 is 50.3 Å². The molecule has 0 aliphatic carbocycles. The molecule has 5 aromatic rings. The van der Waals surface area contributed by atoms with E-state index in [0.717, 1.165) is 32.7 Å². The summed E-state index contributed by atoms with van der Waals surface area (Å²) in [6.07, 6.45) is 1.69. The van der Waals surface area contributed by atoms with Crippen LogP contribution in [-0.4, -0.2) is 35.8 Å². The number of benzene rings is 1.